The van der Waals surface area contributed by atoms with Crippen molar-refractivity contribution in [3.05, 3.63) is 23.8 Å². The van der Waals surface area contributed by atoms with E-state index in [1.807, 2.05) is 6.92 Å². The molecule has 4 nitrogen and oxygen atoms in total. The Morgan fingerprint density at radius 3 is 2.95 bits per heavy atom. The molecule has 4 heteroatoms. The Kier molecular flexibility index (Phi) is 3.35. The predicted molar refractivity (Wildman–Crippen MR) is 71.0 cm³/mol. The Balaban J connectivity index is 1.76. The third-order valence-electron chi connectivity index (χ3n) is 4.41. The maximum absolute atomic E-state index is 12.5. The van der Waals surface area contributed by atoms with Crippen molar-refractivity contribution in [3.8, 4) is 0 Å². The molecule has 0 amide bonds. The van der Waals surface area contributed by atoms with E-state index < -0.39 is 0 Å². The van der Waals surface area contributed by atoms with Crippen molar-refractivity contribution in [2.45, 2.75) is 51.0 Å². The van der Waals surface area contributed by atoms with Crippen molar-refractivity contribution >= 4 is 5.78 Å². The van der Waals surface area contributed by atoms with Crippen molar-refractivity contribution < 1.29 is 9.53 Å². The molecule has 1 aromatic heterocycles. The van der Waals surface area contributed by atoms with E-state index in [0.717, 1.165) is 25.7 Å². The number of aryl methyl sites for hydroxylation is 1. The molecule has 2 fully saturated rings. The summed E-state index contributed by atoms with van der Waals surface area (Å²) in [6.07, 6.45) is 8.04. The van der Waals surface area contributed by atoms with E-state index in [2.05, 4.69) is 9.97 Å². The third kappa shape index (κ3) is 2.54. The van der Waals surface area contributed by atoms with Gasteiger partial charge in [0.25, 0.3) is 0 Å². The molecule has 1 saturated heterocycles. The summed E-state index contributed by atoms with van der Waals surface area (Å²) in [7, 11) is 0. The molecule has 1 unspecified atom stereocenters. The fourth-order valence-corrected chi connectivity index (χ4v) is 3.42. The largest absolute Gasteiger partial charge is 0.375 e. The van der Waals surface area contributed by atoms with Gasteiger partial charge in [0.15, 0.2) is 5.78 Å². The highest BCUT2D eigenvalue weighted by Gasteiger charge is 2.42. The zero-order valence-corrected chi connectivity index (χ0v) is 11.4. The minimum atomic E-state index is -0.0132. The Morgan fingerprint density at radius 2 is 2.21 bits per heavy atom. The molecule has 1 atom stereocenters. The Bertz CT molecular complexity index is 481. The van der Waals surface area contributed by atoms with Crippen molar-refractivity contribution in [1.82, 2.24) is 9.97 Å². The molecule has 2 heterocycles. The Labute approximate surface area is 113 Å². The molecular formula is C15H20N2O2. The second-order valence-electron chi connectivity index (χ2n) is 5.78. The number of hydrogen-bond acceptors (Lipinski definition) is 4. The number of hydrogen-bond donors (Lipinski definition) is 0. The summed E-state index contributed by atoms with van der Waals surface area (Å²) in [4.78, 5) is 20.9. The fourth-order valence-electron chi connectivity index (χ4n) is 3.42. The van der Waals surface area contributed by atoms with Crippen LogP contribution in [0.15, 0.2) is 12.3 Å². The molecule has 0 aromatic carbocycles. The van der Waals surface area contributed by atoms with E-state index in [4.69, 9.17) is 4.74 Å². The summed E-state index contributed by atoms with van der Waals surface area (Å²) in [5, 5.41) is 0. The SMILES string of the molecule is Cc1nccc(C(=O)C2CCOC3(CCCC3)C2)n1. The van der Waals surface area contributed by atoms with Gasteiger partial charge in [0.1, 0.15) is 11.5 Å². The molecule has 1 spiro atoms. The van der Waals surface area contributed by atoms with Crippen LogP contribution in [0.25, 0.3) is 0 Å². The van der Waals surface area contributed by atoms with Gasteiger partial charge >= 0.3 is 0 Å². The summed E-state index contributed by atoms with van der Waals surface area (Å²) in [5.41, 5.74) is 0.549. The number of Topliss-reactive ketones (excluding diaryl/α,β-unsaturated/α-hetero) is 1. The molecule has 19 heavy (non-hydrogen) atoms. The molecule has 0 radical (unpaired) electrons. The van der Waals surface area contributed by atoms with Gasteiger partial charge in [0.05, 0.1) is 5.60 Å². The van der Waals surface area contributed by atoms with Gasteiger partial charge in [-0.25, -0.2) is 9.97 Å². The third-order valence-corrected chi connectivity index (χ3v) is 4.41. The lowest BCUT2D eigenvalue weighted by Gasteiger charge is -2.37. The van der Waals surface area contributed by atoms with Gasteiger partial charge in [-0.05, 0) is 38.7 Å². The second-order valence-corrected chi connectivity index (χ2v) is 5.78. The van der Waals surface area contributed by atoms with Crippen molar-refractivity contribution in [2.24, 2.45) is 5.92 Å². The van der Waals surface area contributed by atoms with Crippen LogP contribution in [0.2, 0.25) is 0 Å². The Morgan fingerprint density at radius 1 is 1.42 bits per heavy atom. The van der Waals surface area contributed by atoms with Crippen LogP contribution in [0.1, 0.15) is 54.8 Å². The smallest absolute Gasteiger partial charge is 0.184 e. The van der Waals surface area contributed by atoms with E-state index in [1.54, 1.807) is 12.3 Å². The van der Waals surface area contributed by atoms with Crippen LogP contribution in [0.5, 0.6) is 0 Å². The molecular weight excluding hydrogens is 240 g/mol. The normalized spacial score (nSPS) is 25.6. The minimum Gasteiger partial charge on any atom is -0.375 e. The molecule has 1 aliphatic carbocycles. The summed E-state index contributed by atoms with van der Waals surface area (Å²) in [6.45, 7) is 2.53. The van der Waals surface area contributed by atoms with Gasteiger partial charge in [-0.2, -0.15) is 0 Å². The van der Waals surface area contributed by atoms with Crippen molar-refractivity contribution in [3.63, 3.8) is 0 Å². The Hall–Kier alpha value is -1.29. The first-order valence-electron chi connectivity index (χ1n) is 7.16. The molecule has 1 saturated carbocycles. The number of nitrogens with zero attached hydrogens (tertiary/aromatic N) is 2. The monoisotopic (exact) mass is 260 g/mol. The van der Waals surface area contributed by atoms with E-state index in [9.17, 15) is 4.79 Å². The second kappa shape index (κ2) is 5.00. The first kappa shape index (κ1) is 12.7. The maximum atomic E-state index is 12.5. The number of aromatic nitrogens is 2. The average molecular weight is 260 g/mol. The summed E-state index contributed by atoms with van der Waals surface area (Å²) < 4.78 is 5.98. The van der Waals surface area contributed by atoms with E-state index >= 15 is 0 Å². The van der Waals surface area contributed by atoms with Gasteiger partial charge < -0.3 is 4.74 Å². The van der Waals surface area contributed by atoms with E-state index in [-0.39, 0.29) is 17.3 Å². The molecule has 1 aliphatic heterocycles. The zero-order valence-electron chi connectivity index (χ0n) is 11.4. The van der Waals surface area contributed by atoms with E-state index in [1.165, 1.54) is 12.8 Å². The molecule has 2 aliphatic rings. The van der Waals surface area contributed by atoms with Crippen molar-refractivity contribution in [2.75, 3.05) is 6.61 Å². The average Bonchev–Trinajstić information content (AvgIpc) is 2.86. The van der Waals surface area contributed by atoms with Crippen LogP contribution in [0.4, 0.5) is 0 Å². The first-order valence-corrected chi connectivity index (χ1v) is 7.16. The van der Waals surface area contributed by atoms with Crippen LogP contribution >= 0.6 is 0 Å². The minimum absolute atomic E-state index is 0.0132. The molecule has 3 rings (SSSR count). The van der Waals surface area contributed by atoms with Gasteiger partial charge in [0, 0.05) is 18.7 Å². The number of rotatable bonds is 2. The van der Waals surface area contributed by atoms with Crippen LogP contribution in [0, 0.1) is 12.8 Å². The van der Waals surface area contributed by atoms with Crippen molar-refractivity contribution in [1.29, 1.82) is 0 Å². The molecule has 0 N–H and O–H groups in total. The molecule has 1 aromatic rings. The zero-order chi connectivity index (χ0) is 13.3. The van der Waals surface area contributed by atoms with Gasteiger partial charge in [0.2, 0.25) is 0 Å². The van der Waals surface area contributed by atoms with Crippen LogP contribution in [-0.4, -0.2) is 28.0 Å². The van der Waals surface area contributed by atoms with Gasteiger partial charge in [-0.1, -0.05) is 12.8 Å². The lowest BCUT2D eigenvalue weighted by atomic mass is 9.81. The number of carbonyl (C=O) groups excluding carboxylic acids is 1. The summed E-state index contributed by atoms with van der Waals surface area (Å²) in [5.74, 6) is 0.898. The highest BCUT2D eigenvalue weighted by atomic mass is 16.5. The standard InChI is InChI=1S/C15H20N2O2/c1-11-16-8-4-13(17-11)14(18)12-5-9-19-15(10-12)6-2-3-7-15/h4,8,12H,2-3,5-7,9-10H2,1H3. The van der Waals surface area contributed by atoms with Crippen LogP contribution in [-0.2, 0) is 4.74 Å². The number of ketones is 1. The van der Waals surface area contributed by atoms with Gasteiger partial charge in [-0.3, -0.25) is 4.79 Å². The number of ether oxygens (including phenoxy) is 1. The fraction of sp³-hybridized carbons (Fsp3) is 0.667. The highest BCUT2D eigenvalue weighted by molar-refractivity contribution is 5.96. The van der Waals surface area contributed by atoms with E-state index in [0.29, 0.717) is 18.1 Å². The maximum Gasteiger partial charge on any atom is 0.184 e. The lowest BCUT2D eigenvalue weighted by molar-refractivity contribution is -0.0866. The predicted octanol–water partition coefficient (Wildman–Crippen LogP) is 2.71. The van der Waals surface area contributed by atoms with Gasteiger partial charge in [-0.15, -0.1) is 0 Å². The van der Waals surface area contributed by atoms with Crippen LogP contribution < -0.4 is 0 Å². The lowest BCUT2D eigenvalue weighted by Crippen LogP contribution is -2.40. The molecule has 102 valence electrons. The number of carbonyl (C=O) groups is 1. The van der Waals surface area contributed by atoms with Crippen LogP contribution in [0.3, 0.4) is 0 Å². The highest BCUT2D eigenvalue weighted by Crippen LogP contribution is 2.42. The summed E-state index contributed by atoms with van der Waals surface area (Å²) in [6, 6.07) is 1.73. The molecule has 0 bridgehead atoms. The topological polar surface area (TPSA) is 52.1 Å². The quantitative estimate of drug-likeness (QED) is 0.767. The summed E-state index contributed by atoms with van der Waals surface area (Å²) >= 11 is 0. The first-order chi connectivity index (χ1) is 9.19.